The molecule has 0 atom stereocenters. The highest BCUT2D eigenvalue weighted by molar-refractivity contribution is 9.10. The fraction of sp³-hybridized carbons (Fsp3) is 0.208. The van der Waals surface area contributed by atoms with Crippen molar-refractivity contribution in [3.05, 3.63) is 93.2 Å². The summed E-state index contributed by atoms with van der Waals surface area (Å²) in [7, 11) is 0. The smallest absolute Gasteiger partial charge is 0.147 e. The number of halogens is 2. The molecule has 0 aliphatic heterocycles. The van der Waals surface area contributed by atoms with Crippen molar-refractivity contribution < 1.29 is 4.74 Å². The Labute approximate surface area is 186 Å². The van der Waals surface area contributed by atoms with E-state index in [9.17, 15) is 0 Å². The minimum Gasteiger partial charge on any atom is -0.487 e. The number of hydrogen-bond donors (Lipinski definition) is 0. The van der Waals surface area contributed by atoms with Gasteiger partial charge in [0.1, 0.15) is 17.9 Å². The van der Waals surface area contributed by atoms with Crippen molar-refractivity contribution in [1.82, 2.24) is 9.55 Å². The quantitative estimate of drug-likeness (QED) is 0.321. The van der Waals surface area contributed by atoms with Gasteiger partial charge in [-0.05, 0) is 49.6 Å². The van der Waals surface area contributed by atoms with Gasteiger partial charge in [0, 0.05) is 29.0 Å². The first-order valence-corrected chi connectivity index (χ1v) is 10.2. The van der Waals surface area contributed by atoms with E-state index in [-0.39, 0.29) is 12.4 Å². The molecule has 2 heterocycles. The van der Waals surface area contributed by atoms with Crippen LogP contribution in [-0.2, 0) is 13.2 Å². The van der Waals surface area contributed by atoms with Crippen LogP contribution in [0.5, 0.6) is 5.75 Å². The SMILES string of the molecule is Cc1ccc(Cn2c(C)c(C)c3nccc(OCc4ccc(Br)cc4)c32)cc1.Cl. The van der Waals surface area contributed by atoms with Crippen LogP contribution >= 0.6 is 28.3 Å². The van der Waals surface area contributed by atoms with Gasteiger partial charge in [0.25, 0.3) is 0 Å². The molecular formula is C24H24BrClN2O. The maximum atomic E-state index is 6.23. The fourth-order valence-corrected chi connectivity index (χ4v) is 3.71. The van der Waals surface area contributed by atoms with E-state index in [2.05, 4.69) is 82.7 Å². The van der Waals surface area contributed by atoms with E-state index in [4.69, 9.17) is 4.74 Å². The third kappa shape index (κ3) is 4.49. The van der Waals surface area contributed by atoms with Crippen LogP contribution in [0, 0.1) is 20.8 Å². The van der Waals surface area contributed by atoms with Crippen molar-refractivity contribution in [2.45, 2.75) is 33.9 Å². The van der Waals surface area contributed by atoms with E-state index in [0.29, 0.717) is 6.61 Å². The van der Waals surface area contributed by atoms with Gasteiger partial charge in [-0.15, -0.1) is 12.4 Å². The molecule has 0 saturated carbocycles. The summed E-state index contributed by atoms with van der Waals surface area (Å²) in [4.78, 5) is 4.64. The molecule has 0 unspecified atom stereocenters. The van der Waals surface area contributed by atoms with Crippen LogP contribution < -0.4 is 4.74 Å². The van der Waals surface area contributed by atoms with Crippen molar-refractivity contribution in [2.24, 2.45) is 0 Å². The summed E-state index contributed by atoms with van der Waals surface area (Å²) in [6.07, 6.45) is 1.84. The first-order valence-electron chi connectivity index (χ1n) is 9.40. The zero-order valence-corrected chi connectivity index (χ0v) is 19.2. The molecule has 0 spiro atoms. The molecule has 2 aromatic carbocycles. The molecule has 3 nitrogen and oxygen atoms in total. The summed E-state index contributed by atoms with van der Waals surface area (Å²) >= 11 is 3.48. The van der Waals surface area contributed by atoms with E-state index in [1.165, 1.54) is 22.4 Å². The number of pyridine rings is 1. The average molecular weight is 472 g/mol. The van der Waals surface area contributed by atoms with Crippen LogP contribution in [0.25, 0.3) is 11.0 Å². The van der Waals surface area contributed by atoms with Gasteiger partial charge < -0.3 is 9.30 Å². The largest absolute Gasteiger partial charge is 0.487 e. The maximum Gasteiger partial charge on any atom is 0.147 e. The Kier molecular flexibility index (Phi) is 6.66. The summed E-state index contributed by atoms with van der Waals surface area (Å²) in [5.74, 6) is 0.872. The maximum absolute atomic E-state index is 6.23. The van der Waals surface area contributed by atoms with Gasteiger partial charge in [-0.3, -0.25) is 4.98 Å². The lowest BCUT2D eigenvalue weighted by Gasteiger charge is -2.13. The number of ether oxygens (including phenoxy) is 1. The molecule has 0 amide bonds. The minimum atomic E-state index is 0. The minimum absolute atomic E-state index is 0. The molecule has 2 aromatic heterocycles. The molecule has 0 fully saturated rings. The lowest BCUT2D eigenvalue weighted by atomic mass is 10.1. The molecule has 0 radical (unpaired) electrons. The lowest BCUT2D eigenvalue weighted by Crippen LogP contribution is -2.04. The summed E-state index contributed by atoms with van der Waals surface area (Å²) in [6.45, 7) is 7.73. The molecule has 4 aromatic rings. The number of hydrogen-bond acceptors (Lipinski definition) is 2. The standard InChI is InChI=1S/C24H23BrN2O.ClH/c1-16-4-6-19(7-5-16)14-27-18(3)17(2)23-24(27)22(12-13-26-23)28-15-20-8-10-21(25)11-9-20;/h4-13H,14-15H2,1-3H3;1H. The van der Waals surface area contributed by atoms with Crippen molar-refractivity contribution in [1.29, 1.82) is 0 Å². The highest BCUT2D eigenvalue weighted by atomic mass is 79.9. The topological polar surface area (TPSA) is 27.1 Å². The number of nitrogens with zero attached hydrogens (tertiary/aromatic N) is 2. The third-order valence-corrected chi connectivity index (χ3v) is 5.76. The molecule has 0 N–H and O–H groups in total. The molecule has 0 saturated heterocycles. The normalized spacial score (nSPS) is 10.8. The Morgan fingerprint density at radius 3 is 2.24 bits per heavy atom. The van der Waals surface area contributed by atoms with Gasteiger partial charge in [0.05, 0.1) is 5.52 Å². The van der Waals surface area contributed by atoms with E-state index in [0.717, 1.165) is 33.4 Å². The van der Waals surface area contributed by atoms with E-state index in [1.54, 1.807) is 0 Å². The Balaban J connectivity index is 0.00000240. The van der Waals surface area contributed by atoms with Crippen LogP contribution in [0.3, 0.4) is 0 Å². The van der Waals surface area contributed by atoms with Gasteiger partial charge in [-0.2, -0.15) is 0 Å². The first-order chi connectivity index (χ1) is 13.5. The van der Waals surface area contributed by atoms with Crippen LogP contribution in [0.2, 0.25) is 0 Å². The number of rotatable bonds is 5. The van der Waals surface area contributed by atoms with Crippen molar-refractivity contribution in [2.75, 3.05) is 0 Å². The molecular weight excluding hydrogens is 448 g/mol. The van der Waals surface area contributed by atoms with Crippen molar-refractivity contribution in [3.8, 4) is 5.75 Å². The third-order valence-electron chi connectivity index (χ3n) is 5.23. The highest BCUT2D eigenvalue weighted by Crippen LogP contribution is 2.32. The molecule has 4 rings (SSSR count). The van der Waals surface area contributed by atoms with E-state index >= 15 is 0 Å². The van der Waals surface area contributed by atoms with E-state index in [1.807, 2.05) is 24.4 Å². The molecule has 150 valence electrons. The van der Waals surface area contributed by atoms with Gasteiger partial charge in [-0.25, -0.2) is 0 Å². The zero-order valence-electron chi connectivity index (χ0n) is 16.8. The Morgan fingerprint density at radius 1 is 0.897 bits per heavy atom. The highest BCUT2D eigenvalue weighted by Gasteiger charge is 2.16. The average Bonchev–Trinajstić information content (AvgIpc) is 2.95. The van der Waals surface area contributed by atoms with Crippen molar-refractivity contribution >= 4 is 39.4 Å². The second kappa shape index (κ2) is 9.02. The van der Waals surface area contributed by atoms with E-state index < -0.39 is 0 Å². The van der Waals surface area contributed by atoms with Gasteiger partial charge in [0.2, 0.25) is 0 Å². The molecule has 0 aliphatic carbocycles. The number of aryl methyl sites for hydroxylation is 2. The molecule has 0 aliphatic rings. The van der Waals surface area contributed by atoms with Gasteiger partial charge >= 0.3 is 0 Å². The predicted octanol–water partition coefficient (Wildman–Crippen LogP) is 6.77. The van der Waals surface area contributed by atoms with Crippen molar-refractivity contribution in [3.63, 3.8) is 0 Å². The number of fused-ring (bicyclic) bond motifs is 1. The first kappa shape index (κ1) is 21.4. The molecule has 29 heavy (non-hydrogen) atoms. The van der Waals surface area contributed by atoms with Crippen LogP contribution in [0.1, 0.15) is 27.9 Å². The Bertz CT molecular complexity index is 1120. The zero-order chi connectivity index (χ0) is 19.7. The summed E-state index contributed by atoms with van der Waals surface area (Å²) in [6, 6.07) is 18.9. The second-order valence-electron chi connectivity index (χ2n) is 7.20. The number of aromatic nitrogens is 2. The lowest BCUT2D eigenvalue weighted by molar-refractivity contribution is 0.308. The van der Waals surface area contributed by atoms with Crippen LogP contribution in [-0.4, -0.2) is 9.55 Å². The second-order valence-corrected chi connectivity index (χ2v) is 8.12. The Hall–Kier alpha value is -2.30. The summed E-state index contributed by atoms with van der Waals surface area (Å²) < 4.78 is 9.62. The number of benzene rings is 2. The summed E-state index contributed by atoms with van der Waals surface area (Å²) in [5, 5.41) is 0. The van der Waals surface area contributed by atoms with Crippen LogP contribution in [0.4, 0.5) is 0 Å². The monoisotopic (exact) mass is 470 g/mol. The predicted molar refractivity (Wildman–Crippen MR) is 125 cm³/mol. The Morgan fingerprint density at radius 2 is 1.55 bits per heavy atom. The summed E-state index contributed by atoms with van der Waals surface area (Å²) in [5.41, 5.74) is 8.19. The fourth-order valence-electron chi connectivity index (χ4n) is 3.44. The molecule has 0 bridgehead atoms. The molecule has 5 heteroatoms. The van der Waals surface area contributed by atoms with Gasteiger partial charge in [-0.1, -0.05) is 57.9 Å². The van der Waals surface area contributed by atoms with Gasteiger partial charge in [0.15, 0.2) is 0 Å². The van der Waals surface area contributed by atoms with Crippen LogP contribution in [0.15, 0.2) is 65.3 Å².